The first kappa shape index (κ1) is 28.3. The van der Waals surface area contributed by atoms with Gasteiger partial charge in [-0.1, -0.05) is 67.1 Å². The first-order valence-electron chi connectivity index (χ1n) is 11.9. The Labute approximate surface area is 220 Å². The van der Waals surface area contributed by atoms with Gasteiger partial charge < -0.3 is 30.0 Å². The summed E-state index contributed by atoms with van der Waals surface area (Å²) in [7, 11) is 2.64. The van der Waals surface area contributed by atoms with Crippen LogP contribution in [0.25, 0.3) is 10.4 Å². The van der Waals surface area contributed by atoms with Gasteiger partial charge in [0.2, 0.25) is 5.91 Å². The number of aliphatic hydroxyl groups is 1. The van der Waals surface area contributed by atoms with Crippen molar-refractivity contribution in [2.75, 3.05) is 19.5 Å². The number of carbonyl (C=O) groups excluding carboxylic acids is 2. The zero-order valence-electron chi connectivity index (χ0n) is 21.4. The van der Waals surface area contributed by atoms with Crippen molar-refractivity contribution in [3.8, 4) is 16.2 Å². The molecule has 0 aliphatic rings. The summed E-state index contributed by atoms with van der Waals surface area (Å²) in [5.74, 6) is -1.97. The average molecular weight is 528 g/mol. The molecule has 198 valence electrons. The number of nitrogens with one attached hydrogen (secondary N) is 2. The van der Waals surface area contributed by atoms with Crippen molar-refractivity contribution in [3.05, 3.63) is 66.4 Å². The Morgan fingerprint density at radius 1 is 1.05 bits per heavy atom. The van der Waals surface area contributed by atoms with Gasteiger partial charge in [0.05, 0.1) is 4.88 Å². The summed E-state index contributed by atoms with van der Waals surface area (Å²) in [5, 5.41) is 16.2. The zero-order chi connectivity index (χ0) is 26.8. The van der Waals surface area contributed by atoms with Crippen molar-refractivity contribution in [2.45, 2.75) is 51.2 Å². The average Bonchev–Trinajstić information content (AvgIpc) is 3.39. The smallest absolute Gasteiger partial charge is 0.255 e. The van der Waals surface area contributed by atoms with Gasteiger partial charge in [-0.3, -0.25) is 9.59 Å². The SMILES string of the molecule is CCC[C@H](NC(=O)[C@@H](O)C(C)(OC)OC)C(=O)Nc1ncc(-c2ccccc2COc2ccccc2)s1. The molecule has 1 heterocycles. The molecule has 0 unspecified atom stereocenters. The minimum Gasteiger partial charge on any atom is -0.489 e. The topological polar surface area (TPSA) is 119 Å². The number of aromatic nitrogens is 1. The molecule has 10 heteroatoms. The van der Waals surface area contributed by atoms with E-state index < -0.39 is 29.7 Å². The van der Waals surface area contributed by atoms with Crippen LogP contribution in [-0.2, 0) is 25.7 Å². The first-order chi connectivity index (χ1) is 17.8. The second-order valence-corrected chi connectivity index (χ2v) is 9.49. The van der Waals surface area contributed by atoms with Crippen molar-refractivity contribution in [3.63, 3.8) is 0 Å². The monoisotopic (exact) mass is 527 g/mol. The third-order valence-electron chi connectivity index (χ3n) is 5.92. The van der Waals surface area contributed by atoms with Gasteiger partial charge in [0, 0.05) is 20.4 Å². The van der Waals surface area contributed by atoms with Crippen LogP contribution in [0, 0.1) is 0 Å². The number of nitrogens with zero attached hydrogens (tertiary/aromatic N) is 1. The zero-order valence-corrected chi connectivity index (χ0v) is 22.2. The van der Waals surface area contributed by atoms with Gasteiger partial charge in [-0.25, -0.2) is 4.98 Å². The lowest BCUT2D eigenvalue weighted by atomic mass is 10.1. The molecule has 2 aromatic carbocycles. The molecule has 0 saturated carbocycles. The third kappa shape index (κ3) is 7.36. The molecule has 0 bridgehead atoms. The van der Waals surface area contributed by atoms with E-state index in [1.54, 1.807) is 6.20 Å². The molecule has 0 spiro atoms. The van der Waals surface area contributed by atoms with E-state index in [4.69, 9.17) is 14.2 Å². The maximum absolute atomic E-state index is 13.0. The predicted molar refractivity (Wildman–Crippen MR) is 142 cm³/mol. The van der Waals surface area contributed by atoms with E-state index in [1.165, 1.54) is 32.5 Å². The summed E-state index contributed by atoms with van der Waals surface area (Å²) in [5.41, 5.74) is 1.94. The number of methoxy groups -OCH3 is 2. The number of anilines is 1. The van der Waals surface area contributed by atoms with Gasteiger partial charge in [-0.15, -0.1) is 0 Å². The van der Waals surface area contributed by atoms with Crippen LogP contribution >= 0.6 is 11.3 Å². The van der Waals surface area contributed by atoms with E-state index in [1.807, 2.05) is 61.5 Å². The normalized spacial score (nSPS) is 13.0. The van der Waals surface area contributed by atoms with Gasteiger partial charge in [-0.2, -0.15) is 0 Å². The molecule has 9 nitrogen and oxygen atoms in total. The van der Waals surface area contributed by atoms with Crippen molar-refractivity contribution >= 4 is 28.3 Å². The standard InChI is InChI=1S/C27H33N3O6S/c1-5-11-21(29-25(33)23(31)27(2,34-3)35-4)24(32)30-26-28-16-22(37-26)20-15-10-9-12-18(20)17-36-19-13-7-6-8-14-19/h6-10,12-16,21,23,31H,5,11,17H2,1-4H3,(H,29,33)(H,28,30,32)/t21-,23+/m0/s1. The van der Waals surface area contributed by atoms with E-state index in [0.29, 0.717) is 24.6 Å². The lowest BCUT2D eigenvalue weighted by Gasteiger charge is -2.31. The molecule has 2 amide bonds. The second kappa shape index (κ2) is 13.3. The highest BCUT2D eigenvalue weighted by Gasteiger charge is 2.39. The van der Waals surface area contributed by atoms with Crippen LogP contribution in [0.3, 0.4) is 0 Å². The van der Waals surface area contributed by atoms with Gasteiger partial charge in [0.1, 0.15) is 18.4 Å². The fourth-order valence-corrected chi connectivity index (χ4v) is 4.45. The number of carbonyl (C=O) groups is 2. The summed E-state index contributed by atoms with van der Waals surface area (Å²) >= 11 is 1.32. The van der Waals surface area contributed by atoms with Crippen molar-refractivity contribution < 1.29 is 28.9 Å². The summed E-state index contributed by atoms with van der Waals surface area (Å²) in [6.45, 7) is 3.72. The lowest BCUT2D eigenvalue weighted by Crippen LogP contribution is -2.55. The first-order valence-corrected chi connectivity index (χ1v) is 12.7. The van der Waals surface area contributed by atoms with Crippen LogP contribution in [0.15, 0.2) is 60.8 Å². The molecular weight excluding hydrogens is 494 g/mol. The quantitative estimate of drug-likeness (QED) is 0.288. The van der Waals surface area contributed by atoms with Crippen LogP contribution in [0.5, 0.6) is 5.75 Å². The molecule has 3 N–H and O–H groups in total. The largest absolute Gasteiger partial charge is 0.489 e. The predicted octanol–water partition coefficient (Wildman–Crippen LogP) is 3.98. The van der Waals surface area contributed by atoms with Crippen molar-refractivity contribution in [1.82, 2.24) is 10.3 Å². The fourth-order valence-electron chi connectivity index (χ4n) is 3.57. The molecule has 3 rings (SSSR count). The van der Waals surface area contributed by atoms with Gasteiger partial charge in [0.15, 0.2) is 17.0 Å². The number of para-hydroxylation sites is 1. The molecule has 0 fully saturated rings. The maximum atomic E-state index is 13.0. The number of amides is 2. The Balaban J connectivity index is 1.69. The number of hydrogen-bond acceptors (Lipinski definition) is 8. The molecular formula is C27H33N3O6S. The summed E-state index contributed by atoms with van der Waals surface area (Å²) < 4.78 is 16.1. The second-order valence-electron chi connectivity index (χ2n) is 8.45. The van der Waals surface area contributed by atoms with Gasteiger partial charge >= 0.3 is 0 Å². The van der Waals surface area contributed by atoms with Crippen molar-refractivity contribution in [2.24, 2.45) is 0 Å². The van der Waals surface area contributed by atoms with Gasteiger partial charge in [-0.05, 0) is 36.6 Å². The van der Waals surface area contributed by atoms with Crippen molar-refractivity contribution in [1.29, 1.82) is 0 Å². The Morgan fingerprint density at radius 2 is 1.73 bits per heavy atom. The van der Waals surface area contributed by atoms with E-state index in [2.05, 4.69) is 15.6 Å². The molecule has 37 heavy (non-hydrogen) atoms. The minimum absolute atomic E-state index is 0.374. The van der Waals surface area contributed by atoms with E-state index in [9.17, 15) is 14.7 Å². The highest BCUT2D eigenvalue weighted by Crippen LogP contribution is 2.32. The number of thiazole rings is 1. The van der Waals surface area contributed by atoms with Crippen LogP contribution in [0.2, 0.25) is 0 Å². The highest BCUT2D eigenvalue weighted by molar-refractivity contribution is 7.19. The molecule has 2 atom stereocenters. The Hall–Kier alpha value is -3.31. The molecule has 1 aromatic heterocycles. The number of aliphatic hydroxyl groups excluding tert-OH is 1. The number of hydrogen-bond donors (Lipinski definition) is 3. The molecule has 0 aliphatic heterocycles. The van der Waals surface area contributed by atoms with E-state index in [0.717, 1.165) is 21.8 Å². The molecule has 3 aromatic rings. The Bertz CT molecular complexity index is 1170. The summed E-state index contributed by atoms with van der Waals surface area (Å²) in [6.07, 6.45) is 1.08. The number of ether oxygens (including phenoxy) is 3. The number of rotatable bonds is 13. The molecule has 0 radical (unpaired) electrons. The fraction of sp³-hybridized carbons (Fsp3) is 0.370. The summed E-state index contributed by atoms with van der Waals surface area (Å²) in [4.78, 5) is 30.8. The van der Waals surface area contributed by atoms with Crippen LogP contribution < -0.4 is 15.4 Å². The van der Waals surface area contributed by atoms with Crippen LogP contribution in [0.1, 0.15) is 32.3 Å². The molecule has 0 saturated heterocycles. The Morgan fingerprint density at radius 3 is 2.41 bits per heavy atom. The highest BCUT2D eigenvalue weighted by atomic mass is 32.1. The maximum Gasteiger partial charge on any atom is 0.255 e. The minimum atomic E-state index is -1.63. The number of benzene rings is 2. The van der Waals surface area contributed by atoms with E-state index >= 15 is 0 Å². The molecule has 0 aliphatic carbocycles. The van der Waals surface area contributed by atoms with Gasteiger partial charge in [0.25, 0.3) is 5.91 Å². The lowest BCUT2D eigenvalue weighted by molar-refractivity contribution is -0.242. The Kier molecular flexibility index (Phi) is 10.2. The van der Waals surface area contributed by atoms with E-state index in [-0.39, 0.29) is 0 Å². The van der Waals surface area contributed by atoms with Crippen LogP contribution in [0.4, 0.5) is 5.13 Å². The summed E-state index contributed by atoms with van der Waals surface area (Å²) in [6, 6.07) is 16.6. The third-order valence-corrected chi connectivity index (χ3v) is 6.87. The van der Waals surface area contributed by atoms with Crippen LogP contribution in [-0.4, -0.2) is 54.1 Å².